The number of benzene rings is 1. The van der Waals surface area contributed by atoms with Gasteiger partial charge in [0.05, 0.1) is 0 Å². The average molecular weight is 296 g/mol. The van der Waals surface area contributed by atoms with Crippen LogP contribution in [0.2, 0.25) is 0 Å². The molecule has 8 heteroatoms. The van der Waals surface area contributed by atoms with Crippen LogP contribution in [0.15, 0.2) is 0 Å². The molecule has 0 spiro atoms. The van der Waals surface area contributed by atoms with Crippen LogP contribution in [0.1, 0.15) is 13.8 Å². The summed E-state index contributed by atoms with van der Waals surface area (Å²) in [5.74, 6) is -12.1. The van der Waals surface area contributed by atoms with Crippen molar-refractivity contribution in [1.29, 1.82) is 0 Å². The van der Waals surface area contributed by atoms with Gasteiger partial charge in [0, 0.05) is 12.5 Å². The van der Waals surface area contributed by atoms with E-state index >= 15 is 0 Å². The zero-order valence-corrected chi connectivity index (χ0v) is 10.8. The zero-order chi connectivity index (χ0) is 15.4. The predicted molar refractivity (Wildman–Crippen MR) is 62.6 cm³/mol. The van der Waals surface area contributed by atoms with Crippen LogP contribution in [0, 0.1) is 35.0 Å². The first-order valence-electron chi connectivity index (χ1n) is 5.84. The summed E-state index contributed by atoms with van der Waals surface area (Å²) in [6.07, 6.45) is 0. The molecule has 1 aromatic rings. The van der Waals surface area contributed by atoms with Crippen molar-refractivity contribution in [2.24, 2.45) is 5.92 Å². The summed E-state index contributed by atoms with van der Waals surface area (Å²) in [6, 6.07) is 0. The fraction of sp³-hybridized carbons (Fsp3) is 0.417. The Bertz CT molecular complexity index is 492. The van der Waals surface area contributed by atoms with E-state index in [1.54, 1.807) is 12.2 Å². The molecule has 1 atom stereocenters. The van der Waals surface area contributed by atoms with Crippen molar-refractivity contribution in [1.82, 2.24) is 5.32 Å². The number of nitrogens with one attached hydrogen (secondary N) is 2. The summed E-state index contributed by atoms with van der Waals surface area (Å²) in [5.41, 5.74) is -1.34. The number of rotatable bonds is 5. The fourth-order valence-electron chi connectivity index (χ4n) is 1.41. The van der Waals surface area contributed by atoms with Crippen LogP contribution in [0.5, 0.6) is 0 Å². The van der Waals surface area contributed by atoms with Gasteiger partial charge in [0.15, 0.2) is 23.3 Å². The van der Waals surface area contributed by atoms with Crippen LogP contribution in [0.3, 0.4) is 0 Å². The monoisotopic (exact) mass is 296 g/mol. The summed E-state index contributed by atoms with van der Waals surface area (Å²) in [6.45, 7) is 4.01. The maximum absolute atomic E-state index is 13.3. The number of anilines is 1. The normalized spacial score (nSPS) is 12.3. The molecule has 0 aromatic heterocycles. The van der Waals surface area contributed by atoms with Gasteiger partial charge in [-0.05, 0) is 6.54 Å². The number of amides is 1. The molecule has 0 aliphatic carbocycles. The van der Waals surface area contributed by atoms with Gasteiger partial charge in [0.25, 0.3) is 0 Å². The average Bonchev–Trinajstić information content (AvgIpc) is 2.44. The minimum Gasteiger partial charge on any atom is -0.321 e. The van der Waals surface area contributed by atoms with E-state index in [4.69, 9.17) is 0 Å². The number of hydrogen-bond acceptors (Lipinski definition) is 2. The number of carbonyl (C=O) groups is 1. The summed E-state index contributed by atoms with van der Waals surface area (Å²) in [4.78, 5) is 11.6. The Kier molecular flexibility index (Phi) is 5.43. The maximum atomic E-state index is 13.3. The lowest BCUT2D eigenvalue weighted by Gasteiger charge is -2.14. The van der Waals surface area contributed by atoms with Crippen molar-refractivity contribution in [3.63, 3.8) is 0 Å². The summed E-state index contributed by atoms with van der Waals surface area (Å²) < 4.78 is 65.3. The summed E-state index contributed by atoms with van der Waals surface area (Å²) in [7, 11) is 0. The molecule has 0 radical (unpaired) electrons. The Balaban J connectivity index is 3.01. The first-order valence-corrected chi connectivity index (χ1v) is 5.84. The largest absolute Gasteiger partial charge is 0.321 e. The van der Waals surface area contributed by atoms with Gasteiger partial charge in [-0.15, -0.1) is 0 Å². The molecular formula is C12H13F5N2O. The van der Waals surface area contributed by atoms with Gasteiger partial charge < -0.3 is 10.6 Å². The highest BCUT2D eigenvalue weighted by Gasteiger charge is 2.27. The third-order valence-electron chi connectivity index (χ3n) is 2.61. The Morgan fingerprint density at radius 1 is 1.00 bits per heavy atom. The van der Waals surface area contributed by atoms with E-state index in [2.05, 4.69) is 5.32 Å². The van der Waals surface area contributed by atoms with Crippen molar-refractivity contribution >= 4 is 11.6 Å². The van der Waals surface area contributed by atoms with E-state index < -0.39 is 46.6 Å². The van der Waals surface area contributed by atoms with Crippen LogP contribution < -0.4 is 10.6 Å². The highest BCUT2D eigenvalue weighted by molar-refractivity contribution is 5.92. The minimum atomic E-state index is -2.27. The van der Waals surface area contributed by atoms with Crippen molar-refractivity contribution in [2.45, 2.75) is 13.8 Å². The van der Waals surface area contributed by atoms with Crippen LogP contribution in [0.4, 0.5) is 27.6 Å². The molecule has 0 saturated heterocycles. The lowest BCUT2D eigenvalue weighted by Crippen LogP contribution is -2.31. The number of carbonyl (C=O) groups excluding carboxylic acids is 1. The molecule has 0 fully saturated rings. The Morgan fingerprint density at radius 3 is 1.90 bits per heavy atom. The van der Waals surface area contributed by atoms with Crippen molar-refractivity contribution in [2.75, 3.05) is 18.4 Å². The molecule has 2 N–H and O–H groups in total. The first-order chi connectivity index (χ1) is 9.31. The molecule has 0 bridgehead atoms. The molecule has 3 nitrogen and oxygen atoms in total. The van der Waals surface area contributed by atoms with Gasteiger partial charge in [-0.2, -0.15) is 0 Å². The predicted octanol–water partition coefficient (Wildman–Crippen LogP) is 2.57. The minimum absolute atomic E-state index is 0.206. The highest BCUT2D eigenvalue weighted by atomic mass is 19.2. The Hall–Kier alpha value is -1.70. The SMILES string of the molecule is CCNCC(C)C(=O)Nc1c(F)c(F)c(F)c(F)c1F. The van der Waals surface area contributed by atoms with Crippen LogP contribution in [0.25, 0.3) is 0 Å². The van der Waals surface area contributed by atoms with E-state index in [0.29, 0.717) is 6.54 Å². The van der Waals surface area contributed by atoms with Crippen LogP contribution in [-0.4, -0.2) is 19.0 Å². The van der Waals surface area contributed by atoms with Crippen LogP contribution >= 0.6 is 0 Å². The standard InChI is InChI=1S/C12H13F5N2O/c1-3-18-4-5(2)12(20)19-11-9(16)7(14)6(13)8(15)10(11)17/h5,18H,3-4H2,1-2H3,(H,19,20). The van der Waals surface area contributed by atoms with E-state index in [1.165, 1.54) is 6.92 Å². The molecule has 1 rings (SSSR count). The topological polar surface area (TPSA) is 41.1 Å². The second-order valence-electron chi connectivity index (χ2n) is 4.14. The third kappa shape index (κ3) is 3.24. The molecule has 112 valence electrons. The van der Waals surface area contributed by atoms with E-state index in [0.717, 1.165) is 0 Å². The molecular weight excluding hydrogens is 283 g/mol. The first kappa shape index (κ1) is 16.4. The van der Waals surface area contributed by atoms with Crippen molar-refractivity contribution in [3.05, 3.63) is 29.1 Å². The molecule has 0 heterocycles. The highest BCUT2D eigenvalue weighted by Crippen LogP contribution is 2.27. The number of hydrogen-bond donors (Lipinski definition) is 2. The third-order valence-corrected chi connectivity index (χ3v) is 2.61. The summed E-state index contributed by atoms with van der Waals surface area (Å²) >= 11 is 0. The smallest absolute Gasteiger partial charge is 0.228 e. The van der Waals surface area contributed by atoms with E-state index in [9.17, 15) is 26.7 Å². The number of halogens is 5. The quantitative estimate of drug-likeness (QED) is 0.498. The van der Waals surface area contributed by atoms with E-state index in [1.807, 2.05) is 0 Å². The molecule has 0 aliphatic heterocycles. The zero-order valence-electron chi connectivity index (χ0n) is 10.8. The molecule has 1 amide bonds. The van der Waals surface area contributed by atoms with Gasteiger partial charge in [0.1, 0.15) is 5.69 Å². The summed E-state index contributed by atoms with van der Waals surface area (Å²) in [5, 5.41) is 4.54. The molecule has 0 saturated carbocycles. The lowest BCUT2D eigenvalue weighted by atomic mass is 10.1. The Labute approximate surface area is 112 Å². The lowest BCUT2D eigenvalue weighted by molar-refractivity contribution is -0.119. The van der Waals surface area contributed by atoms with Crippen molar-refractivity contribution in [3.8, 4) is 0 Å². The Morgan fingerprint density at radius 2 is 1.45 bits per heavy atom. The van der Waals surface area contributed by atoms with Crippen molar-refractivity contribution < 1.29 is 26.7 Å². The molecule has 0 aliphatic rings. The molecule has 1 unspecified atom stereocenters. The fourth-order valence-corrected chi connectivity index (χ4v) is 1.41. The van der Waals surface area contributed by atoms with E-state index in [-0.39, 0.29) is 6.54 Å². The van der Waals surface area contributed by atoms with Gasteiger partial charge in [-0.1, -0.05) is 13.8 Å². The van der Waals surface area contributed by atoms with Gasteiger partial charge in [-0.25, -0.2) is 22.0 Å². The van der Waals surface area contributed by atoms with Crippen LogP contribution in [-0.2, 0) is 4.79 Å². The molecule has 1 aromatic carbocycles. The second kappa shape index (κ2) is 6.65. The molecule has 20 heavy (non-hydrogen) atoms. The van der Waals surface area contributed by atoms with Gasteiger partial charge in [-0.3, -0.25) is 4.79 Å². The maximum Gasteiger partial charge on any atom is 0.228 e. The second-order valence-corrected chi connectivity index (χ2v) is 4.14. The van der Waals surface area contributed by atoms with Gasteiger partial charge in [0.2, 0.25) is 11.7 Å². The van der Waals surface area contributed by atoms with Gasteiger partial charge >= 0.3 is 0 Å².